The summed E-state index contributed by atoms with van der Waals surface area (Å²) in [7, 11) is 0.698. The van der Waals surface area contributed by atoms with Gasteiger partial charge in [0.15, 0.2) is 0 Å². The van der Waals surface area contributed by atoms with Gasteiger partial charge in [0.05, 0.1) is 11.8 Å². The van der Waals surface area contributed by atoms with Crippen LogP contribution >= 0.6 is 0 Å². The third kappa shape index (κ3) is 2.44. The van der Waals surface area contributed by atoms with Crippen molar-refractivity contribution in [3.05, 3.63) is 0 Å². The molecule has 0 saturated carbocycles. The first-order valence-corrected chi connectivity index (χ1v) is 3.96. The van der Waals surface area contributed by atoms with Crippen LogP contribution in [0.5, 0.6) is 0 Å². The highest BCUT2D eigenvalue weighted by atomic mass is 28.2. The van der Waals surface area contributed by atoms with Crippen LogP contribution in [0.2, 0.25) is 0 Å². The largest absolute Gasteiger partial charge is 0.422 e. The highest BCUT2D eigenvalue weighted by molar-refractivity contribution is 5.98. The molecule has 0 aliphatic carbocycles. The molecule has 4 N–H and O–H groups in total. The summed E-state index contributed by atoms with van der Waals surface area (Å²) in [6, 6.07) is 0. The molecular weight excluding hydrogens is 132 g/mol. The fourth-order valence-corrected chi connectivity index (χ4v) is 0.946. The maximum absolute atomic E-state index is 5.65. The van der Waals surface area contributed by atoms with E-state index in [4.69, 9.17) is 15.9 Å². The molecular formula is C5H16N2OSi. The van der Waals surface area contributed by atoms with Gasteiger partial charge in [-0.2, -0.15) is 0 Å². The fourth-order valence-electron chi connectivity index (χ4n) is 0.507. The van der Waals surface area contributed by atoms with E-state index in [2.05, 4.69) is 0 Å². The van der Waals surface area contributed by atoms with E-state index in [1.807, 2.05) is 13.8 Å². The molecule has 0 spiro atoms. The Kier molecular flexibility index (Phi) is 3.35. The Balaban J connectivity index is 3.80. The zero-order valence-electron chi connectivity index (χ0n) is 6.35. The van der Waals surface area contributed by atoms with Crippen LogP contribution in [0, 0.1) is 0 Å². The van der Waals surface area contributed by atoms with E-state index in [0.29, 0.717) is 10.5 Å². The quantitative estimate of drug-likeness (QED) is 0.386. The Morgan fingerprint density at radius 2 is 2.11 bits per heavy atom. The number of nitrogens with two attached hydrogens (primary N) is 2. The summed E-state index contributed by atoms with van der Waals surface area (Å²) in [5, 5.41) is 0. The van der Waals surface area contributed by atoms with Crippen molar-refractivity contribution in [3.63, 3.8) is 0 Å². The molecule has 0 aliphatic heterocycles. The average Bonchev–Trinajstić information content (AvgIpc) is 1.86. The minimum Gasteiger partial charge on any atom is -0.422 e. The molecule has 0 aromatic heterocycles. The van der Waals surface area contributed by atoms with Crippen molar-refractivity contribution in [2.24, 2.45) is 11.5 Å². The molecule has 0 aliphatic rings. The maximum atomic E-state index is 5.65. The SMILES string of the molecule is CCC(N)(N)C(C)O[SiH3]. The Morgan fingerprint density at radius 3 is 2.22 bits per heavy atom. The van der Waals surface area contributed by atoms with E-state index >= 15 is 0 Å². The molecule has 1 atom stereocenters. The van der Waals surface area contributed by atoms with Crippen molar-refractivity contribution in [1.29, 1.82) is 0 Å². The summed E-state index contributed by atoms with van der Waals surface area (Å²) in [6.45, 7) is 3.85. The van der Waals surface area contributed by atoms with Crippen LogP contribution in [0.4, 0.5) is 0 Å². The monoisotopic (exact) mass is 148 g/mol. The number of hydrogen-bond donors (Lipinski definition) is 2. The van der Waals surface area contributed by atoms with Crippen molar-refractivity contribution in [3.8, 4) is 0 Å². The average molecular weight is 148 g/mol. The lowest BCUT2D eigenvalue weighted by Crippen LogP contribution is -2.57. The molecule has 3 nitrogen and oxygen atoms in total. The van der Waals surface area contributed by atoms with E-state index in [9.17, 15) is 0 Å². The molecule has 0 amide bonds. The second-order valence-corrected chi connectivity index (χ2v) is 2.82. The highest BCUT2D eigenvalue weighted by Crippen LogP contribution is 2.05. The summed E-state index contributed by atoms with van der Waals surface area (Å²) in [5.41, 5.74) is 10.7. The second-order valence-electron chi connectivity index (χ2n) is 2.34. The minimum atomic E-state index is -0.637. The normalized spacial score (nSPS) is 16.0. The summed E-state index contributed by atoms with van der Waals surface area (Å²) < 4.78 is 5.09. The molecule has 0 radical (unpaired) electrons. The van der Waals surface area contributed by atoms with E-state index in [1.54, 1.807) is 0 Å². The van der Waals surface area contributed by atoms with Crippen LogP contribution in [0.15, 0.2) is 0 Å². The van der Waals surface area contributed by atoms with Gasteiger partial charge in [-0.25, -0.2) is 0 Å². The number of rotatable bonds is 3. The first-order valence-electron chi connectivity index (χ1n) is 3.15. The van der Waals surface area contributed by atoms with E-state index < -0.39 is 5.66 Å². The Hall–Kier alpha value is 0.0969. The highest BCUT2D eigenvalue weighted by Gasteiger charge is 2.23. The molecule has 0 saturated heterocycles. The molecule has 0 heterocycles. The first kappa shape index (κ1) is 9.10. The van der Waals surface area contributed by atoms with Crippen LogP contribution in [0.3, 0.4) is 0 Å². The minimum absolute atomic E-state index is 0.0193. The van der Waals surface area contributed by atoms with Crippen LogP contribution in [-0.2, 0) is 4.43 Å². The van der Waals surface area contributed by atoms with Crippen LogP contribution in [0.1, 0.15) is 20.3 Å². The van der Waals surface area contributed by atoms with E-state index in [-0.39, 0.29) is 6.10 Å². The standard InChI is InChI=1S/C5H16N2OSi/c1-3-5(6,7)4(2)8-9/h4H,3,6-7H2,1-2,9H3. The third-order valence-electron chi connectivity index (χ3n) is 1.72. The van der Waals surface area contributed by atoms with Crippen molar-refractivity contribution in [1.82, 2.24) is 0 Å². The van der Waals surface area contributed by atoms with Gasteiger partial charge in [-0.3, -0.25) is 0 Å². The molecule has 0 aromatic rings. The second kappa shape index (κ2) is 3.31. The molecule has 0 bridgehead atoms. The molecule has 0 aromatic carbocycles. The van der Waals surface area contributed by atoms with Crippen LogP contribution in [0.25, 0.3) is 0 Å². The van der Waals surface area contributed by atoms with Gasteiger partial charge >= 0.3 is 0 Å². The lowest BCUT2D eigenvalue weighted by Gasteiger charge is -2.29. The number of hydrogen-bond acceptors (Lipinski definition) is 3. The lowest BCUT2D eigenvalue weighted by molar-refractivity contribution is 0.137. The zero-order valence-corrected chi connectivity index (χ0v) is 8.35. The molecule has 0 fully saturated rings. The van der Waals surface area contributed by atoms with Gasteiger partial charge in [0.2, 0.25) is 0 Å². The predicted molar refractivity (Wildman–Crippen MR) is 41.9 cm³/mol. The van der Waals surface area contributed by atoms with Gasteiger partial charge < -0.3 is 15.9 Å². The van der Waals surface area contributed by atoms with E-state index in [1.165, 1.54) is 0 Å². The van der Waals surface area contributed by atoms with Gasteiger partial charge in [-0.1, -0.05) is 6.92 Å². The molecule has 9 heavy (non-hydrogen) atoms. The van der Waals surface area contributed by atoms with E-state index in [0.717, 1.165) is 6.42 Å². The Labute approximate surface area is 59.3 Å². The van der Waals surface area contributed by atoms with Gasteiger partial charge in [0.1, 0.15) is 10.5 Å². The topological polar surface area (TPSA) is 61.3 Å². The zero-order chi connectivity index (χ0) is 7.49. The van der Waals surface area contributed by atoms with Gasteiger partial charge in [0.25, 0.3) is 0 Å². The summed E-state index contributed by atoms with van der Waals surface area (Å²) in [6.07, 6.45) is 0.727. The lowest BCUT2D eigenvalue weighted by atomic mass is 10.0. The van der Waals surface area contributed by atoms with Crippen molar-refractivity contribution in [2.75, 3.05) is 0 Å². The molecule has 1 unspecified atom stereocenters. The summed E-state index contributed by atoms with van der Waals surface area (Å²) in [4.78, 5) is 0. The molecule has 56 valence electrons. The predicted octanol–water partition coefficient (Wildman–Crippen LogP) is -1.30. The summed E-state index contributed by atoms with van der Waals surface area (Å²) in [5.74, 6) is 0. The maximum Gasteiger partial charge on any atom is 0.146 e. The van der Waals surface area contributed by atoms with Crippen molar-refractivity contribution in [2.45, 2.75) is 32.0 Å². The van der Waals surface area contributed by atoms with Crippen LogP contribution < -0.4 is 11.5 Å². The fraction of sp³-hybridized carbons (Fsp3) is 1.00. The van der Waals surface area contributed by atoms with Crippen molar-refractivity contribution >= 4 is 10.5 Å². The van der Waals surface area contributed by atoms with Crippen molar-refractivity contribution < 1.29 is 4.43 Å². The van der Waals surface area contributed by atoms with Crippen LogP contribution in [-0.4, -0.2) is 22.3 Å². The smallest absolute Gasteiger partial charge is 0.146 e. The Bertz CT molecular complexity index is 87.0. The summed E-state index contributed by atoms with van der Waals surface area (Å²) >= 11 is 0. The first-order chi connectivity index (χ1) is 4.04. The van der Waals surface area contributed by atoms with Gasteiger partial charge in [-0.05, 0) is 13.3 Å². The van der Waals surface area contributed by atoms with Gasteiger partial charge in [0, 0.05) is 0 Å². The molecule has 0 rings (SSSR count). The third-order valence-corrected chi connectivity index (χ3v) is 2.43. The van der Waals surface area contributed by atoms with Gasteiger partial charge in [-0.15, -0.1) is 0 Å². The molecule has 4 heteroatoms. The Morgan fingerprint density at radius 1 is 1.67 bits per heavy atom.